The smallest absolute Gasteiger partial charge is 0.229 e. The number of carbonyl (C=O) groups excluding carboxylic acids is 1. The average Bonchev–Trinajstić information content (AvgIpc) is 2.38. The third-order valence-corrected chi connectivity index (χ3v) is 4.33. The van der Waals surface area contributed by atoms with Gasteiger partial charge in [-0.05, 0) is 39.8 Å². The Morgan fingerprint density at radius 1 is 1.29 bits per heavy atom. The minimum Gasteiger partial charge on any atom is -0.490 e. The number of nitrogens with two attached hydrogens (primary N) is 1. The lowest BCUT2D eigenvalue weighted by Gasteiger charge is -2.39. The zero-order valence-corrected chi connectivity index (χ0v) is 14.2. The van der Waals surface area contributed by atoms with Gasteiger partial charge in [-0.25, -0.2) is 0 Å². The molecule has 1 aromatic carbocycles. The molecule has 0 radical (unpaired) electrons. The molecule has 21 heavy (non-hydrogen) atoms. The van der Waals surface area contributed by atoms with Gasteiger partial charge < -0.3 is 15.4 Å². The fourth-order valence-corrected chi connectivity index (χ4v) is 1.90. The molecule has 0 saturated carbocycles. The Hall–Kier alpha value is -1.26. The monoisotopic (exact) mass is 312 g/mol. The summed E-state index contributed by atoms with van der Waals surface area (Å²) >= 11 is 6.01. The number of carbonyl (C=O) groups is 1. The molecule has 2 N–H and O–H groups in total. The minimum absolute atomic E-state index is 0.00208. The van der Waals surface area contributed by atoms with Gasteiger partial charge in [0, 0.05) is 12.6 Å². The lowest BCUT2D eigenvalue weighted by molar-refractivity contribution is -0.142. The van der Waals surface area contributed by atoms with Crippen molar-refractivity contribution < 1.29 is 9.53 Å². The summed E-state index contributed by atoms with van der Waals surface area (Å²) < 4.78 is 5.60. The molecule has 4 nitrogen and oxygen atoms in total. The molecule has 0 heterocycles. The maximum absolute atomic E-state index is 12.5. The number of amides is 1. The fraction of sp³-hybridized carbons (Fsp3) is 0.562. The Balaban J connectivity index is 2.57. The number of nitrogens with zero attached hydrogens (tertiary/aromatic N) is 1. The average molecular weight is 313 g/mol. The third kappa shape index (κ3) is 4.35. The maximum atomic E-state index is 12.5. The third-order valence-electron chi connectivity index (χ3n) is 4.01. The van der Waals surface area contributed by atoms with E-state index in [-0.39, 0.29) is 5.91 Å². The summed E-state index contributed by atoms with van der Waals surface area (Å²) in [6.45, 7) is 8.30. The van der Waals surface area contributed by atoms with E-state index in [9.17, 15) is 4.79 Å². The summed E-state index contributed by atoms with van der Waals surface area (Å²) in [5.41, 5.74) is 4.85. The van der Waals surface area contributed by atoms with Crippen LogP contribution in [0.5, 0.6) is 5.75 Å². The summed E-state index contributed by atoms with van der Waals surface area (Å²) in [4.78, 5) is 14.1. The van der Waals surface area contributed by atoms with Crippen LogP contribution in [0.15, 0.2) is 24.3 Å². The number of hydrogen-bond donors (Lipinski definition) is 1. The Labute approximate surface area is 132 Å². The van der Waals surface area contributed by atoms with E-state index in [0.717, 1.165) is 0 Å². The molecular weight excluding hydrogens is 288 g/mol. The normalized spacial score (nSPS) is 12.1. The number of para-hydroxylation sites is 1. The highest BCUT2D eigenvalue weighted by Gasteiger charge is 2.41. The largest absolute Gasteiger partial charge is 0.490 e. The molecule has 1 rings (SSSR count). The van der Waals surface area contributed by atoms with Crippen molar-refractivity contribution in [2.24, 2.45) is 11.1 Å². The molecule has 0 fully saturated rings. The number of benzene rings is 1. The summed E-state index contributed by atoms with van der Waals surface area (Å²) in [5, 5.41) is 0.565. The highest BCUT2D eigenvalue weighted by Crippen LogP contribution is 2.30. The molecule has 0 aromatic heterocycles. The zero-order chi connectivity index (χ0) is 16.3. The number of rotatable bonds is 6. The summed E-state index contributed by atoms with van der Waals surface area (Å²) in [7, 11) is 1.76. The van der Waals surface area contributed by atoms with Crippen molar-refractivity contribution in [3.63, 3.8) is 0 Å². The number of ether oxygens (including phenoxy) is 1. The van der Waals surface area contributed by atoms with Gasteiger partial charge in [-0.2, -0.15) is 0 Å². The van der Waals surface area contributed by atoms with E-state index in [1.54, 1.807) is 24.1 Å². The van der Waals surface area contributed by atoms with E-state index in [1.807, 2.05) is 39.8 Å². The van der Waals surface area contributed by atoms with Crippen LogP contribution in [0, 0.1) is 5.41 Å². The van der Waals surface area contributed by atoms with Crippen molar-refractivity contribution in [2.45, 2.75) is 33.2 Å². The molecular formula is C16H25ClN2O2. The lowest BCUT2D eigenvalue weighted by atomic mass is 9.74. The second-order valence-electron chi connectivity index (χ2n) is 6.35. The van der Waals surface area contributed by atoms with Crippen LogP contribution >= 0.6 is 11.6 Å². The molecule has 0 atom stereocenters. The molecule has 0 aliphatic heterocycles. The topological polar surface area (TPSA) is 55.6 Å². The maximum Gasteiger partial charge on any atom is 0.229 e. The first-order valence-electron chi connectivity index (χ1n) is 6.99. The standard InChI is InChI=1S/C16H25ClN2O2/c1-15(2,16(3,4)18)14(20)19(5)10-11-21-13-9-7-6-8-12(13)17/h6-9H,10-11,18H2,1-5H3. The van der Waals surface area contributed by atoms with Crippen molar-refractivity contribution in [2.75, 3.05) is 20.2 Å². The van der Waals surface area contributed by atoms with Crippen molar-refractivity contribution in [3.05, 3.63) is 29.3 Å². The van der Waals surface area contributed by atoms with E-state index >= 15 is 0 Å². The molecule has 0 aliphatic rings. The Morgan fingerprint density at radius 2 is 1.86 bits per heavy atom. The number of halogens is 1. The van der Waals surface area contributed by atoms with Gasteiger partial charge in [-0.15, -0.1) is 0 Å². The quantitative estimate of drug-likeness (QED) is 0.878. The second kappa shape index (κ2) is 6.67. The van der Waals surface area contributed by atoms with E-state index < -0.39 is 11.0 Å². The highest BCUT2D eigenvalue weighted by atomic mass is 35.5. The van der Waals surface area contributed by atoms with Crippen molar-refractivity contribution in [1.82, 2.24) is 4.90 Å². The lowest BCUT2D eigenvalue weighted by Crippen LogP contribution is -2.56. The first-order chi connectivity index (χ1) is 9.57. The van der Waals surface area contributed by atoms with Gasteiger partial charge in [0.15, 0.2) is 0 Å². The van der Waals surface area contributed by atoms with Gasteiger partial charge >= 0.3 is 0 Å². The van der Waals surface area contributed by atoms with Crippen LogP contribution in [0.2, 0.25) is 5.02 Å². The van der Waals surface area contributed by atoms with Gasteiger partial charge in [0.25, 0.3) is 0 Å². The number of hydrogen-bond acceptors (Lipinski definition) is 3. The van der Waals surface area contributed by atoms with Gasteiger partial charge in [-0.1, -0.05) is 23.7 Å². The Bertz CT molecular complexity index is 495. The highest BCUT2D eigenvalue weighted by molar-refractivity contribution is 6.32. The van der Waals surface area contributed by atoms with Crippen LogP contribution in [0.1, 0.15) is 27.7 Å². The first kappa shape index (κ1) is 17.8. The molecule has 1 amide bonds. The molecule has 0 spiro atoms. The van der Waals surface area contributed by atoms with Crippen LogP contribution < -0.4 is 10.5 Å². The van der Waals surface area contributed by atoms with Crippen molar-refractivity contribution in [3.8, 4) is 5.75 Å². The van der Waals surface area contributed by atoms with E-state index in [0.29, 0.717) is 23.9 Å². The molecule has 1 aromatic rings. The zero-order valence-electron chi connectivity index (χ0n) is 13.4. The van der Waals surface area contributed by atoms with Gasteiger partial charge in [0.2, 0.25) is 5.91 Å². The number of likely N-dealkylation sites (N-methyl/N-ethyl adjacent to an activating group) is 1. The first-order valence-corrected chi connectivity index (χ1v) is 7.37. The van der Waals surface area contributed by atoms with E-state index in [1.165, 1.54) is 0 Å². The molecule has 0 unspecified atom stereocenters. The van der Waals surface area contributed by atoms with Gasteiger partial charge in [0.05, 0.1) is 17.0 Å². The fourth-order valence-electron chi connectivity index (χ4n) is 1.71. The molecule has 0 aliphatic carbocycles. The van der Waals surface area contributed by atoms with Crippen LogP contribution in [0.25, 0.3) is 0 Å². The molecule has 0 bridgehead atoms. The van der Waals surface area contributed by atoms with E-state index in [4.69, 9.17) is 22.1 Å². The van der Waals surface area contributed by atoms with Crippen LogP contribution in [-0.2, 0) is 4.79 Å². The summed E-state index contributed by atoms with van der Waals surface area (Å²) in [6, 6.07) is 7.27. The molecule has 0 saturated heterocycles. The van der Waals surface area contributed by atoms with Crippen LogP contribution in [0.3, 0.4) is 0 Å². The predicted octanol–water partition coefficient (Wildman–Crippen LogP) is 2.94. The summed E-state index contributed by atoms with van der Waals surface area (Å²) in [5.74, 6) is 0.621. The van der Waals surface area contributed by atoms with Gasteiger partial charge in [-0.3, -0.25) is 4.79 Å². The van der Waals surface area contributed by atoms with Gasteiger partial charge in [0.1, 0.15) is 12.4 Å². The van der Waals surface area contributed by atoms with E-state index in [2.05, 4.69) is 0 Å². The van der Waals surface area contributed by atoms with Crippen molar-refractivity contribution >= 4 is 17.5 Å². The molecule has 5 heteroatoms. The predicted molar refractivity (Wildman–Crippen MR) is 86.6 cm³/mol. The second-order valence-corrected chi connectivity index (χ2v) is 6.76. The Morgan fingerprint density at radius 3 is 2.38 bits per heavy atom. The molecule has 118 valence electrons. The minimum atomic E-state index is -0.647. The van der Waals surface area contributed by atoms with Crippen molar-refractivity contribution in [1.29, 1.82) is 0 Å². The van der Waals surface area contributed by atoms with Crippen LogP contribution in [0.4, 0.5) is 0 Å². The Kier molecular flexibility index (Phi) is 5.65. The SMILES string of the molecule is CN(CCOc1ccccc1Cl)C(=O)C(C)(C)C(C)(C)N. The summed E-state index contributed by atoms with van der Waals surface area (Å²) in [6.07, 6.45) is 0. The van der Waals surface area contributed by atoms with Crippen LogP contribution in [-0.4, -0.2) is 36.5 Å².